The van der Waals surface area contributed by atoms with Crippen LogP contribution in [0.15, 0.2) is 0 Å². The number of fused-ring (bicyclic) bond motifs is 20. The molecule has 4 saturated carbocycles. The van der Waals surface area contributed by atoms with Gasteiger partial charge in [0, 0.05) is 21.7 Å². The van der Waals surface area contributed by atoms with Crippen molar-refractivity contribution >= 4 is 0 Å². The largest absolute Gasteiger partial charge is 0.295 e. The van der Waals surface area contributed by atoms with Crippen molar-refractivity contribution in [1.29, 1.82) is 0 Å². The average molecular weight is 618 g/mol. The average Bonchev–Trinajstić information content (AvgIpc) is 3.73. The van der Waals surface area contributed by atoms with Crippen molar-refractivity contribution in [3.8, 4) is 0 Å². The Balaban J connectivity index is 0.00000267. The summed E-state index contributed by atoms with van der Waals surface area (Å²) in [5.74, 6) is 4.24. The molecule has 4 aliphatic carbocycles. The van der Waals surface area contributed by atoms with E-state index in [0.29, 0.717) is 66.1 Å². The number of nitrogens with one attached hydrogen (secondary N) is 8. The molecule has 9 rings (SSSR count). The van der Waals surface area contributed by atoms with Gasteiger partial charge in [-0.25, -0.2) is 0 Å². The normalized spacial score (nSPS) is 56.9. The van der Waals surface area contributed by atoms with E-state index in [0.717, 1.165) is 12.8 Å². The van der Waals surface area contributed by atoms with E-state index in [-0.39, 0.29) is 52.3 Å². The maximum Gasteiger partial charge on any atom is 0.0630 e. The van der Waals surface area contributed by atoms with Gasteiger partial charge >= 0.3 is 0 Å². The summed E-state index contributed by atoms with van der Waals surface area (Å²) in [6.07, 6.45) is 20.9. The Kier molecular flexibility index (Phi) is 8.60. The summed E-state index contributed by atoms with van der Waals surface area (Å²) in [6, 6.07) is 0. The van der Waals surface area contributed by atoms with Gasteiger partial charge in [0.1, 0.15) is 0 Å². The van der Waals surface area contributed by atoms with Crippen LogP contribution in [0.5, 0.6) is 0 Å². The van der Waals surface area contributed by atoms with E-state index in [1.165, 1.54) is 77.0 Å². The van der Waals surface area contributed by atoms with Crippen LogP contribution in [0.4, 0.5) is 4.39 Å². The number of hydrogen-bond acceptors (Lipinski definition) is 8. The minimum atomic E-state index is -0.846. The van der Waals surface area contributed by atoms with E-state index >= 15 is 4.39 Å². The van der Waals surface area contributed by atoms with Crippen molar-refractivity contribution in [2.24, 2.45) is 47.3 Å². The van der Waals surface area contributed by atoms with E-state index in [1.807, 2.05) is 6.42 Å². The van der Waals surface area contributed by atoms with Crippen molar-refractivity contribution in [3.63, 3.8) is 0 Å². The molecule has 5 saturated heterocycles. The van der Waals surface area contributed by atoms with Gasteiger partial charge in [-0.15, -0.1) is 0 Å². The SMILES string of the molecule is FC1[CH-]CCC2C3NC4NC(NC5NC(NC6NC(NC(N3)C12)C1CCCCC61)C1CCCCC51)C1CCCCC41.[Ti]. The molecule has 17 unspecified atom stereocenters. The van der Waals surface area contributed by atoms with E-state index in [1.54, 1.807) is 0 Å². The van der Waals surface area contributed by atoms with Gasteiger partial charge in [-0.1, -0.05) is 44.9 Å². The Bertz CT molecular complexity index is 959. The van der Waals surface area contributed by atoms with Crippen molar-refractivity contribution < 1.29 is 26.1 Å². The zero-order valence-corrected chi connectivity index (χ0v) is 26.7. The van der Waals surface area contributed by atoms with Crippen LogP contribution in [0.25, 0.3) is 0 Å². The molecule has 0 aromatic carbocycles. The first kappa shape index (κ1) is 29.7. The van der Waals surface area contributed by atoms with Crippen molar-refractivity contribution in [1.82, 2.24) is 42.5 Å². The summed E-state index contributed by atoms with van der Waals surface area (Å²) in [7, 11) is 0. The fourth-order valence-electron chi connectivity index (χ4n) is 11.8. The molecule has 17 atom stereocenters. The second-order valence-electron chi connectivity index (χ2n) is 15.5. The van der Waals surface area contributed by atoms with E-state index in [4.69, 9.17) is 0 Å². The van der Waals surface area contributed by atoms with Crippen molar-refractivity contribution in [2.75, 3.05) is 0 Å². The minimum absolute atomic E-state index is 0. The van der Waals surface area contributed by atoms with E-state index < -0.39 is 6.17 Å². The first-order chi connectivity index (χ1) is 20.2. The van der Waals surface area contributed by atoms with Crippen LogP contribution in [-0.2, 0) is 21.7 Å². The summed E-state index contributed by atoms with van der Waals surface area (Å²) in [5, 5.41) is 32.8. The molecule has 8 nitrogen and oxygen atoms in total. The zero-order chi connectivity index (χ0) is 27.1. The van der Waals surface area contributed by atoms with Crippen LogP contribution in [0.1, 0.15) is 89.9 Å². The van der Waals surface area contributed by atoms with E-state index in [9.17, 15) is 0 Å². The van der Waals surface area contributed by atoms with E-state index in [2.05, 4.69) is 42.5 Å². The molecule has 0 amide bonds. The number of halogens is 1. The Labute approximate surface area is 267 Å². The predicted molar refractivity (Wildman–Crippen MR) is 157 cm³/mol. The van der Waals surface area contributed by atoms with Gasteiger partial charge in [0.25, 0.3) is 0 Å². The van der Waals surface area contributed by atoms with Gasteiger partial charge in [0.05, 0.1) is 49.3 Å². The molecule has 10 heteroatoms. The van der Waals surface area contributed by atoms with Crippen molar-refractivity contribution in [3.05, 3.63) is 6.42 Å². The molecule has 8 bridgehead atoms. The number of alkyl halides is 1. The second kappa shape index (κ2) is 12.2. The standard InChI is InChI=1S/C32H54FN8.Ti/c33-23-15-7-14-22-24(23)32-40-30-21-13-6-5-12-20(21)28(38-30)36-26-17-9-2-1-8-16(17)25(34-26)35-27-18-10-3-4-11-19(18)29(37-27)39-31(22)41-32;/h15-32,34-41H,1-14H2;/q-1;. The molecule has 8 N–H and O–H groups in total. The Hall–Kier alpha value is 0.324. The van der Waals surface area contributed by atoms with Crippen molar-refractivity contribution in [2.45, 2.75) is 145 Å². The number of hydrogen-bond donors (Lipinski definition) is 8. The van der Waals surface area contributed by atoms with Crippen LogP contribution in [0.2, 0.25) is 0 Å². The monoisotopic (exact) mass is 617 g/mol. The molecule has 0 spiro atoms. The van der Waals surface area contributed by atoms with Gasteiger partial charge in [0.2, 0.25) is 0 Å². The van der Waals surface area contributed by atoms with Gasteiger partial charge in [-0.3, -0.25) is 53.3 Å². The second-order valence-corrected chi connectivity index (χ2v) is 15.5. The molecule has 234 valence electrons. The minimum Gasteiger partial charge on any atom is -0.295 e. The number of rotatable bonds is 0. The first-order valence-electron chi connectivity index (χ1n) is 17.8. The summed E-state index contributed by atoms with van der Waals surface area (Å²) in [5.41, 5.74) is 0. The molecule has 0 radical (unpaired) electrons. The summed E-state index contributed by atoms with van der Waals surface area (Å²) in [6.45, 7) is 0. The third kappa shape index (κ3) is 5.03. The Morgan fingerprint density at radius 2 is 0.667 bits per heavy atom. The molecular weight excluding hydrogens is 563 g/mol. The predicted octanol–water partition coefficient (Wildman–Crippen LogP) is 2.37. The molecule has 0 aromatic rings. The fourth-order valence-corrected chi connectivity index (χ4v) is 11.8. The van der Waals surface area contributed by atoms with Crippen LogP contribution in [0.3, 0.4) is 0 Å². The topological polar surface area (TPSA) is 96.2 Å². The van der Waals surface area contributed by atoms with Crippen LogP contribution < -0.4 is 42.5 Å². The van der Waals surface area contributed by atoms with Crippen LogP contribution in [0, 0.1) is 53.8 Å². The summed E-state index contributed by atoms with van der Waals surface area (Å²) >= 11 is 0. The fraction of sp³-hybridized carbons (Fsp3) is 0.969. The molecule has 42 heavy (non-hydrogen) atoms. The maximum absolute atomic E-state index is 15.7. The third-order valence-electron chi connectivity index (χ3n) is 13.6. The third-order valence-corrected chi connectivity index (χ3v) is 13.6. The summed E-state index contributed by atoms with van der Waals surface area (Å²) < 4.78 is 15.7. The van der Waals surface area contributed by atoms with Gasteiger partial charge in [-0.2, -0.15) is 6.42 Å². The van der Waals surface area contributed by atoms with Gasteiger partial charge < -0.3 is 0 Å². The molecule has 9 aliphatic rings. The Morgan fingerprint density at radius 1 is 0.381 bits per heavy atom. The maximum atomic E-state index is 15.7. The van der Waals surface area contributed by atoms with Crippen LogP contribution >= 0.6 is 0 Å². The van der Waals surface area contributed by atoms with Gasteiger partial charge in [-0.05, 0) is 92.0 Å². The molecule has 0 aromatic heterocycles. The Morgan fingerprint density at radius 3 is 1.00 bits per heavy atom. The molecular formula is C32H54FN8Ti-. The molecule has 5 aliphatic heterocycles. The smallest absolute Gasteiger partial charge is 0.0630 e. The first-order valence-corrected chi connectivity index (χ1v) is 17.8. The van der Waals surface area contributed by atoms with Gasteiger partial charge in [0.15, 0.2) is 0 Å². The zero-order valence-electron chi connectivity index (χ0n) is 25.2. The van der Waals surface area contributed by atoms with Crippen LogP contribution in [-0.4, -0.2) is 55.5 Å². The summed E-state index contributed by atoms with van der Waals surface area (Å²) in [4.78, 5) is 0. The molecule has 9 fully saturated rings. The molecule has 5 heterocycles. The quantitative estimate of drug-likeness (QED) is 0.155.